The average Bonchev–Trinajstić information content (AvgIpc) is 3.09. The van der Waals surface area contributed by atoms with Crippen LogP contribution in [0.25, 0.3) is 11.0 Å². The summed E-state index contributed by atoms with van der Waals surface area (Å²) in [7, 11) is 1.68. The first kappa shape index (κ1) is 20.0. The second kappa shape index (κ2) is 9.06. The summed E-state index contributed by atoms with van der Waals surface area (Å²) in [4.78, 5) is 17.5. The lowest BCUT2D eigenvalue weighted by atomic mass is 10.3. The summed E-state index contributed by atoms with van der Waals surface area (Å²) in [6.07, 6.45) is 0. The molecule has 2 aromatic carbocycles. The van der Waals surface area contributed by atoms with Crippen molar-refractivity contribution in [3.8, 4) is 0 Å². The summed E-state index contributed by atoms with van der Waals surface area (Å²) < 4.78 is 20.4. The van der Waals surface area contributed by atoms with E-state index in [1.54, 1.807) is 19.2 Å². The van der Waals surface area contributed by atoms with E-state index in [1.807, 2.05) is 24.3 Å². The van der Waals surface area contributed by atoms with Crippen molar-refractivity contribution in [2.24, 2.45) is 0 Å². The molecule has 0 amide bonds. The van der Waals surface area contributed by atoms with E-state index >= 15 is 0 Å². The molecule has 0 spiro atoms. The summed E-state index contributed by atoms with van der Waals surface area (Å²) >= 11 is 1.51. The van der Waals surface area contributed by atoms with E-state index in [2.05, 4.69) is 24.8 Å². The van der Waals surface area contributed by atoms with Crippen LogP contribution in [0, 0.1) is 5.82 Å². The Morgan fingerprint density at radius 1 is 1.07 bits per heavy atom. The topological polar surface area (TPSA) is 104 Å². The van der Waals surface area contributed by atoms with Crippen LogP contribution in [0.1, 0.15) is 5.82 Å². The number of nitrogen functional groups attached to an aromatic ring is 1. The summed E-state index contributed by atoms with van der Waals surface area (Å²) in [5.74, 6) is 1.07. The maximum atomic E-state index is 13.1. The van der Waals surface area contributed by atoms with Gasteiger partial charge in [0, 0.05) is 19.3 Å². The molecule has 154 valence electrons. The van der Waals surface area contributed by atoms with Gasteiger partial charge in [-0.25, -0.2) is 9.37 Å². The molecule has 4 aromatic rings. The Morgan fingerprint density at radius 2 is 1.87 bits per heavy atom. The minimum absolute atomic E-state index is 0.109. The van der Waals surface area contributed by atoms with Gasteiger partial charge in [-0.05, 0) is 36.4 Å². The SMILES string of the molecule is COCCn1c(SCc2nc(N)nc(Nc3ccc(F)cc3)n2)nc2ccccc21. The van der Waals surface area contributed by atoms with Crippen molar-refractivity contribution in [2.45, 2.75) is 17.5 Å². The van der Waals surface area contributed by atoms with Gasteiger partial charge in [-0.15, -0.1) is 0 Å². The van der Waals surface area contributed by atoms with Crippen LogP contribution in [-0.2, 0) is 17.0 Å². The number of halogens is 1. The highest BCUT2D eigenvalue weighted by Gasteiger charge is 2.13. The molecule has 30 heavy (non-hydrogen) atoms. The molecule has 0 radical (unpaired) electrons. The van der Waals surface area contributed by atoms with Crippen molar-refractivity contribution >= 4 is 40.4 Å². The molecule has 0 fully saturated rings. The third kappa shape index (κ3) is 4.66. The Bertz CT molecular complexity index is 1150. The molecule has 3 N–H and O–H groups in total. The molecule has 8 nitrogen and oxygen atoms in total. The quantitative estimate of drug-likeness (QED) is 0.413. The number of nitrogens with one attached hydrogen (secondary N) is 1. The Kier molecular flexibility index (Phi) is 6.05. The second-order valence-electron chi connectivity index (χ2n) is 6.38. The molecule has 0 aliphatic rings. The second-order valence-corrected chi connectivity index (χ2v) is 7.32. The molecule has 0 unspecified atom stereocenters. The Labute approximate surface area is 176 Å². The Balaban J connectivity index is 1.53. The molecule has 0 saturated heterocycles. The van der Waals surface area contributed by atoms with Crippen LogP contribution in [0.5, 0.6) is 0 Å². The highest BCUT2D eigenvalue weighted by molar-refractivity contribution is 7.98. The number of ether oxygens (including phenoxy) is 1. The molecule has 0 bridgehead atoms. The van der Waals surface area contributed by atoms with Crippen LogP contribution >= 0.6 is 11.8 Å². The van der Waals surface area contributed by atoms with Crippen molar-refractivity contribution in [3.63, 3.8) is 0 Å². The maximum absolute atomic E-state index is 13.1. The zero-order valence-electron chi connectivity index (χ0n) is 16.2. The molecule has 2 aromatic heterocycles. The number of rotatable bonds is 8. The molecule has 0 saturated carbocycles. The van der Waals surface area contributed by atoms with E-state index in [4.69, 9.17) is 15.5 Å². The highest BCUT2D eigenvalue weighted by Crippen LogP contribution is 2.26. The Hall–Kier alpha value is -3.24. The zero-order valence-corrected chi connectivity index (χ0v) is 17.1. The van der Waals surface area contributed by atoms with Crippen LogP contribution < -0.4 is 11.1 Å². The van der Waals surface area contributed by atoms with Gasteiger partial charge in [0.2, 0.25) is 11.9 Å². The van der Waals surface area contributed by atoms with Gasteiger partial charge in [-0.1, -0.05) is 23.9 Å². The van der Waals surface area contributed by atoms with Gasteiger partial charge < -0.3 is 20.4 Å². The van der Waals surface area contributed by atoms with Gasteiger partial charge in [0.15, 0.2) is 5.16 Å². The van der Waals surface area contributed by atoms with Gasteiger partial charge in [-0.3, -0.25) is 0 Å². The van der Waals surface area contributed by atoms with E-state index in [0.717, 1.165) is 16.2 Å². The molecule has 0 aliphatic carbocycles. The molecule has 4 rings (SSSR count). The summed E-state index contributed by atoms with van der Waals surface area (Å²) in [6.45, 7) is 1.27. The van der Waals surface area contributed by atoms with E-state index < -0.39 is 0 Å². The smallest absolute Gasteiger partial charge is 0.232 e. The number of hydrogen-bond donors (Lipinski definition) is 2. The minimum Gasteiger partial charge on any atom is -0.383 e. The fraction of sp³-hybridized carbons (Fsp3) is 0.200. The summed E-state index contributed by atoms with van der Waals surface area (Å²) in [5.41, 5.74) is 8.48. The highest BCUT2D eigenvalue weighted by atomic mass is 32.2. The number of para-hydroxylation sites is 2. The normalized spacial score (nSPS) is 11.1. The number of fused-ring (bicyclic) bond motifs is 1. The predicted octanol–water partition coefficient (Wildman–Crippen LogP) is 3.62. The number of nitrogens with two attached hydrogens (primary N) is 1. The molecule has 0 aliphatic heterocycles. The van der Waals surface area contributed by atoms with Gasteiger partial charge in [-0.2, -0.15) is 15.0 Å². The number of imidazole rings is 1. The third-order valence-electron chi connectivity index (χ3n) is 4.27. The number of nitrogens with zero attached hydrogens (tertiary/aromatic N) is 5. The molecule has 0 atom stereocenters. The molecular weight excluding hydrogens is 405 g/mol. The third-order valence-corrected chi connectivity index (χ3v) is 5.24. The summed E-state index contributed by atoms with van der Waals surface area (Å²) in [5, 5.41) is 3.86. The molecule has 2 heterocycles. The van der Waals surface area contributed by atoms with Crippen molar-refractivity contribution in [1.82, 2.24) is 24.5 Å². The predicted molar refractivity (Wildman–Crippen MR) is 115 cm³/mol. The number of methoxy groups -OCH3 is 1. The lowest BCUT2D eigenvalue weighted by Crippen LogP contribution is -2.08. The fourth-order valence-electron chi connectivity index (χ4n) is 2.91. The first-order chi connectivity index (χ1) is 14.6. The van der Waals surface area contributed by atoms with Crippen molar-refractivity contribution < 1.29 is 9.13 Å². The lowest BCUT2D eigenvalue weighted by molar-refractivity contribution is 0.186. The van der Waals surface area contributed by atoms with Crippen LogP contribution in [0.15, 0.2) is 53.7 Å². The first-order valence-electron chi connectivity index (χ1n) is 9.22. The minimum atomic E-state index is -0.316. The van der Waals surface area contributed by atoms with E-state index in [1.165, 1.54) is 23.9 Å². The van der Waals surface area contributed by atoms with Crippen molar-refractivity contribution in [1.29, 1.82) is 0 Å². The Morgan fingerprint density at radius 3 is 2.67 bits per heavy atom. The zero-order chi connectivity index (χ0) is 20.9. The largest absolute Gasteiger partial charge is 0.383 e. The van der Waals surface area contributed by atoms with Crippen molar-refractivity contribution in [2.75, 3.05) is 24.8 Å². The number of benzene rings is 2. The van der Waals surface area contributed by atoms with E-state index in [9.17, 15) is 4.39 Å². The molecular formula is C20H20FN7OS. The fourth-order valence-corrected chi connectivity index (χ4v) is 3.81. The van der Waals surface area contributed by atoms with Crippen LogP contribution in [0.4, 0.5) is 22.0 Å². The first-order valence-corrected chi connectivity index (χ1v) is 10.2. The van der Waals surface area contributed by atoms with Gasteiger partial charge in [0.1, 0.15) is 11.6 Å². The van der Waals surface area contributed by atoms with Gasteiger partial charge in [0.25, 0.3) is 0 Å². The molecule has 10 heteroatoms. The number of thioether (sulfide) groups is 1. The van der Waals surface area contributed by atoms with Crippen LogP contribution in [0.2, 0.25) is 0 Å². The van der Waals surface area contributed by atoms with Crippen LogP contribution in [-0.4, -0.2) is 38.2 Å². The van der Waals surface area contributed by atoms with E-state index in [-0.39, 0.29) is 11.8 Å². The monoisotopic (exact) mass is 425 g/mol. The van der Waals surface area contributed by atoms with Gasteiger partial charge in [0.05, 0.1) is 23.4 Å². The number of hydrogen-bond acceptors (Lipinski definition) is 8. The van der Waals surface area contributed by atoms with Crippen LogP contribution in [0.3, 0.4) is 0 Å². The standard InChI is InChI=1S/C20H20FN7OS/c1-29-11-10-28-16-5-3-2-4-15(16)24-20(28)30-12-17-25-18(22)27-19(26-17)23-14-8-6-13(21)7-9-14/h2-9H,10-12H2,1H3,(H3,22,23,25,26,27). The average molecular weight is 425 g/mol. The number of anilines is 3. The van der Waals surface area contributed by atoms with E-state index in [0.29, 0.717) is 36.4 Å². The number of aromatic nitrogens is 5. The van der Waals surface area contributed by atoms with Gasteiger partial charge >= 0.3 is 0 Å². The lowest BCUT2D eigenvalue weighted by Gasteiger charge is -2.09. The van der Waals surface area contributed by atoms with Crippen molar-refractivity contribution in [3.05, 3.63) is 60.2 Å². The summed E-state index contributed by atoms with van der Waals surface area (Å²) in [6, 6.07) is 13.9. The maximum Gasteiger partial charge on any atom is 0.232 e.